The summed E-state index contributed by atoms with van der Waals surface area (Å²) in [5.41, 5.74) is 6.58. The summed E-state index contributed by atoms with van der Waals surface area (Å²) in [4.78, 5) is 16.9. The van der Waals surface area contributed by atoms with Crippen molar-refractivity contribution in [2.75, 3.05) is 5.32 Å². The Labute approximate surface area is 106 Å². The average molecular weight is 264 g/mol. The fourth-order valence-electron chi connectivity index (χ4n) is 1.27. The lowest BCUT2D eigenvalue weighted by Gasteiger charge is -2.03. The highest BCUT2D eigenvalue weighted by Gasteiger charge is 2.10. The monoisotopic (exact) mass is 263 g/mol. The normalized spacial score (nSPS) is 11.8. The largest absolute Gasteiger partial charge is 0.327 e. The van der Waals surface area contributed by atoms with Crippen molar-refractivity contribution < 1.29 is 4.79 Å². The molecule has 0 aliphatic rings. The smallest absolute Gasteiger partial charge is 0.227 e. The van der Waals surface area contributed by atoms with Gasteiger partial charge in [-0.15, -0.1) is 23.7 Å². The first-order valence-electron chi connectivity index (χ1n) is 5.04. The fraction of sp³-hybridized carbons (Fsp3) is 0.600. The molecule has 1 unspecified atom stereocenters. The van der Waals surface area contributed by atoms with Crippen LogP contribution in [0.25, 0.3) is 0 Å². The van der Waals surface area contributed by atoms with E-state index < -0.39 is 0 Å². The number of carbonyl (C=O) groups is 1. The third-order valence-electron chi connectivity index (χ3n) is 1.98. The van der Waals surface area contributed by atoms with E-state index in [1.807, 2.05) is 13.8 Å². The van der Waals surface area contributed by atoms with Gasteiger partial charge in [0.05, 0.1) is 5.69 Å². The molecule has 0 fully saturated rings. The molecule has 0 bridgehead atoms. The predicted octanol–water partition coefficient (Wildman–Crippen LogP) is 2.11. The Morgan fingerprint density at radius 2 is 2.25 bits per heavy atom. The summed E-state index contributed by atoms with van der Waals surface area (Å²) in [6.07, 6.45) is 1.23. The zero-order valence-corrected chi connectivity index (χ0v) is 11.4. The maximum absolute atomic E-state index is 11.4. The molecule has 3 N–H and O–H groups in total. The van der Waals surface area contributed by atoms with Gasteiger partial charge in [0, 0.05) is 17.3 Å². The van der Waals surface area contributed by atoms with Gasteiger partial charge in [0.25, 0.3) is 0 Å². The number of anilines is 1. The average Bonchev–Trinajstić information content (AvgIpc) is 2.44. The molecular weight excluding hydrogens is 246 g/mol. The number of thiazole rings is 1. The number of rotatable bonds is 4. The van der Waals surface area contributed by atoms with Crippen LogP contribution in [-0.4, -0.2) is 16.9 Å². The maximum atomic E-state index is 11.4. The predicted molar refractivity (Wildman–Crippen MR) is 70.4 cm³/mol. The first kappa shape index (κ1) is 15.3. The van der Waals surface area contributed by atoms with Gasteiger partial charge in [0.15, 0.2) is 5.13 Å². The summed E-state index contributed by atoms with van der Waals surface area (Å²) in [5.74, 6) is -0.0681. The highest BCUT2D eigenvalue weighted by molar-refractivity contribution is 7.15. The van der Waals surface area contributed by atoms with E-state index in [-0.39, 0.29) is 24.4 Å². The van der Waals surface area contributed by atoms with E-state index in [4.69, 9.17) is 5.73 Å². The molecule has 4 nitrogen and oxygen atoms in total. The quantitative estimate of drug-likeness (QED) is 0.874. The van der Waals surface area contributed by atoms with Gasteiger partial charge in [-0.25, -0.2) is 4.98 Å². The summed E-state index contributed by atoms with van der Waals surface area (Å²) < 4.78 is 0. The molecule has 1 rings (SSSR count). The number of carbonyl (C=O) groups excluding carboxylic acids is 1. The summed E-state index contributed by atoms with van der Waals surface area (Å²) in [6.45, 7) is 5.87. The summed E-state index contributed by atoms with van der Waals surface area (Å²) in [7, 11) is 0. The SMILES string of the molecule is CCc1nc(NC(=O)CC(C)N)sc1C.Cl. The van der Waals surface area contributed by atoms with Crippen molar-refractivity contribution in [1.29, 1.82) is 0 Å². The van der Waals surface area contributed by atoms with Crippen molar-refractivity contribution in [1.82, 2.24) is 4.98 Å². The highest BCUT2D eigenvalue weighted by atomic mass is 35.5. The zero-order valence-electron chi connectivity index (χ0n) is 9.74. The van der Waals surface area contributed by atoms with E-state index in [1.54, 1.807) is 0 Å². The number of hydrogen-bond acceptors (Lipinski definition) is 4. The molecule has 0 radical (unpaired) electrons. The fourth-order valence-corrected chi connectivity index (χ4v) is 2.19. The van der Waals surface area contributed by atoms with Crippen LogP contribution < -0.4 is 11.1 Å². The van der Waals surface area contributed by atoms with Gasteiger partial charge in [0.1, 0.15) is 0 Å². The van der Waals surface area contributed by atoms with E-state index in [1.165, 1.54) is 11.3 Å². The number of aromatic nitrogens is 1. The molecule has 1 aromatic rings. The van der Waals surface area contributed by atoms with Crippen LogP contribution in [0.1, 0.15) is 30.8 Å². The Kier molecular flexibility index (Phi) is 6.55. The Morgan fingerprint density at radius 3 is 2.69 bits per heavy atom. The van der Waals surface area contributed by atoms with Crippen LogP contribution >= 0.6 is 23.7 Å². The van der Waals surface area contributed by atoms with E-state index in [2.05, 4.69) is 17.2 Å². The minimum Gasteiger partial charge on any atom is -0.327 e. The van der Waals surface area contributed by atoms with Crippen LogP contribution in [-0.2, 0) is 11.2 Å². The van der Waals surface area contributed by atoms with Crippen molar-refractivity contribution >= 4 is 34.8 Å². The molecule has 1 heterocycles. The molecule has 1 amide bonds. The summed E-state index contributed by atoms with van der Waals surface area (Å²) in [5, 5.41) is 3.43. The van der Waals surface area contributed by atoms with E-state index >= 15 is 0 Å². The molecule has 1 atom stereocenters. The lowest BCUT2D eigenvalue weighted by atomic mass is 10.2. The number of nitrogens with two attached hydrogens (primary N) is 1. The molecule has 16 heavy (non-hydrogen) atoms. The van der Waals surface area contributed by atoms with Crippen LogP contribution in [0.4, 0.5) is 5.13 Å². The molecule has 1 aromatic heterocycles. The lowest BCUT2D eigenvalue weighted by molar-refractivity contribution is -0.116. The maximum Gasteiger partial charge on any atom is 0.227 e. The van der Waals surface area contributed by atoms with E-state index in [0.717, 1.165) is 17.0 Å². The Bertz CT molecular complexity index is 352. The van der Waals surface area contributed by atoms with Crippen molar-refractivity contribution in [3.8, 4) is 0 Å². The molecule has 0 aliphatic carbocycles. The standard InChI is InChI=1S/C10H17N3OS.ClH/c1-4-8-7(3)15-10(12-8)13-9(14)5-6(2)11;/h6H,4-5,11H2,1-3H3,(H,12,13,14);1H. The van der Waals surface area contributed by atoms with Crippen molar-refractivity contribution in [2.24, 2.45) is 5.73 Å². The van der Waals surface area contributed by atoms with Gasteiger partial charge in [-0.3, -0.25) is 4.79 Å². The number of nitrogens with zero attached hydrogens (tertiary/aromatic N) is 1. The van der Waals surface area contributed by atoms with Crippen molar-refractivity contribution in [2.45, 2.75) is 39.7 Å². The lowest BCUT2D eigenvalue weighted by Crippen LogP contribution is -2.23. The van der Waals surface area contributed by atoms with E-state index in [0.29, 0.717) is 11.6 Å². The molecule has 0 aliphatic heterocycles. The van der Waals surface area contributed by atoms with Crippen molar-refractivity contribution in [3.05, 3.63) is 10.6 Å². The number of nitrogens with one attached hydrogen (secondary N) is 1. The molecule has 0 saturated carbocycles. The summed E-state index contributed by atoms with van der Waals surface area (Å²) in [6, 6.07) is -0.114. The van der Waals surface area contributed by atoms with Gasteiger partial charge in [-0.2, -0.15) is 0 Å². The van der Waals surface area contributed by atoms with Crippen LogP contribution in [0.5, 0.6) is 0 Å². The van der Waals surface area contributed by atoms with Gasteiger partial charge in [0.2, 0.25) is 5.91 Å². The van der Waals surface area contributed by atoms with Crippen molar-refractivity contribution in [3.63, 3.8) is 0 Å². The molecule has 0 aromatic carbocycles. The Hall–Kier alpha value is -0.650. The number of halogens is 1. The second-order valence-corrected chi connectivity index (χ2v) is 4.81. The van der Waals surface area contributed by atoms with Crippen LogP contribution in [0.15, 0.2) is 0 Å². The Balaban J connectivity index is 0.00000225. The van der Waals surface area contributed by atoms with Gasteiger partial charge in [-0.05, 0) is 20.3 Å². The second kappa shape index (κ2) is 6.83. The topological polar surface area (TPSA) is 68.0 Å². The first-order valence-corrected chi connectivity index (χ1v) is 5.86. The minimum absolute atomic E-state index is 0. The number of aryl methyl sites for hydroxylation is 2. The molecular formula is C10H18ClN3OS. The zero-order chi connectivity index (χ0) is 11.4. The highest BCUT2D eigenvalue weighted by Crippen LogP contribution is 2.22. The number of hydrogen-bond donors (Lipinski definition) is 2. The summed E-state index contributed by atoms with van der Waals surface area (Å²) >= 11 is 1.51. The van der Waals surface area contributed by atoms with Gasteiger partial charge < -0.3 is 11.1 Å². The second-order valence-electron chi connectivity index (χ2n) is 3.61. The van der Waals surface area contributed by atoms with Crippen LogP contribution in [0.3, 0.4) is 0 Å². The molecule has 92 valence electrons. The third kappa shape index (κ3) is 4.47. The minimum atomic E-state index is -0.114. The van der Waals surface area contributed by atoms with E-state index in [9.17, 15) is 4.79 Å². The van der Waals surface area contributed by atoms with Crippen LogP contribution in [0.2, 0.25) is 0 Å². The number of amides is 1. The molecule has 0 spiro atoms. The van der Waals surface area contributed by atoms with Crippen LogP contribution in [0, 0.1) is 6.92 Å². The molecule has 0 saturated heterocycles. The molecule has 6 heteroatoms. The van der Waals surface area contributed by atoms with Gasteiger partial charge in [-0.1, -0.05) is 6.92 Å². The first-order chi connectivity index (χ1) is 7.02. The Morgan fingerprint density at radius 1 is 1.62 bits per heavy atom. The third-order valence-corrected chi connectivity index (χ3v) is 2.91. The van der Waals surface area contributed by atoms with Gasteiger partial charge >= 0.3 is 0 Å².